The lowest BCUT2D eigenvalue weighted by molar-refractivity contribution is 0.0949. The number of fused-ring (bicyclic) bond motifs is 2. The molecule has 0 unspecified atom stereocenters. The van der Waals surface area contributed by atoms with Crippen molar-refractivity contribution in [1.82, 2.24) is 29.9 Å². The molecule has 4 heterocycles. The molecule has 1 fully saturated rings. The van der Waals surface area contributed by atoms with Crippen molar-refractivity contribution in [1.29, 1.82) is 0 Å². The van der Waals surface area contributed by atoms with E-state index in [0.717, 1.165) is 36.2 Å². The van der Waals surface area contributed by atoms with E-state index in [4.69, 9.17) is 4.74 Å². The number of hydrogen-bond donors (Lipinski definition) is 1. The first kappa shape index (κ1) is 23.8. The van der Waals surface area contributed by atoms with Crippen LogP contribution >= 0.6 is 0 Å². The van der Waals surface area contributed by atoms with E-state index in [9.17, 15) is 9.18 Å². The van der Waals surface area contributed by atoms with E-state index in [1.165, 1.54) is 18.5 Å². The molecule has 3 aromatic heterocycles. The Morgan fingerprint density at radius 3 is 2.87 bits per heavy atom. The van der Waals surface area contributed by atoms with Crippen LogP contribution in [0.3, 0.4) is 0 Å². The number of anilines is 1. The second-order valence-corrected chi connectivity index (χ2v) is 9.23. The summed E-state index contributed by atoms with van der Waals surface area (Å²) in [5, 5.41) is 8.09. The normalized spacial score (nSPS) is 15.3. The molecule has 0 bridgehead atoms. The maximum absolute atomic E-state index is 13.1. The highest BCUT2D eigenvalue weighted by Gasteiger charge is 2.28. The first-order chi connectivity index (χ1) is 18.7. The Morgan fingerprint density at radius 2 is 1.97 bits per heavy atom. The molecule has 1 saturated heterocycles. The van der Waals surface area contributed by atoms with Crippen LogP contribution in [-0.2, 0) is 6.42 Å². The molecule has 38 heavy (non-hydrogen) atoms. The quantitative estimate of drug-likeness (QED) is 0.338. The topological polar surface area (TPSA) is 97.5 Å². The highest BCUT2D eigenvalue weighted by Crippen LogP contribution is 2.29. The highest BCUT2D eigenvalue weighted by atomic mass is 19.1. The fourth-order valence-corrected chi connectivity index (χ4v) is 4.88. The molecular formula is C28H26FN7O2. The molecule has 0 radical (unpaired) electrons. The number of aromatic nitrogens is 5. The van der Waals surface area contributed by atoms with Crippen LogP contribution < -0.4 is 15.0 Å². The van der Waals surface area contributed by atoms with Gasteiger partial charge in [-0.3, -0.25) is 4.79 Å². The molecule has 6 rings (SSSR count). The Kier molecular flexibility index (Phi) is 6.51. The Hall–Kier alpha value is -4.60. The zero-order chi connectivity index (χ0) is 25.9. The molecule has 5 aromatic rings. The predicted octanol–water partition coefficient (Wildman–Crippen LogP) is 3.83. The number of halogens is 1. The summed E-state index contributed by atoms with van der Waals surface area (Å²) in [5.74, 6) is 1.55. The van der Waals surface area contributed by atoms with Crippen molar-refractivity contribution in [3.8, 4) is 5.75 Å². The van der Waals surface area contributed by atoms with Gasteiger partial charge in [-0.1, -0.05) is 24.3 Å². The summed E-state index contributed by atoms with van der Waals surface area (Å²) in [6.45, 7) is 1.73. The van der Waals surface area contributed by atoms with Crippen LogP contribution in [0.1, 0.15) is 28.9 Å². The number of benzene rings is 2. The van der Waals surface area contributed by atoms with Crippen LogP contribution in [0.4, 0.5) is 10.2 Å². The number of amides is 1. The SMILES string of the molecule is O=C(NCCc1ccc(F)cc1)c1cc(OC[C@H]2CCCN2c2ccnc3ncnn23)c2ccccc2n1. The zero-order valence-electron chi connectivity index (χ0n) is 20.6. The number of carbonyl (C=O) groups is 1. The third-order valence-electron chi connectivity index (χ3n) is 6.79. The van der Waals surface area contributed by atoms with Crippen LogP contribution in [0.5, 0.6) is 5.75 Å². The first-order valence-electron chi connectivity index (χ1n) is 12.6. The highest BCUT2D eigenvalue weighted by molar-refractivity contribution is 5.97. The minimum absolute atomic E-state index is 0.129. The molecule has 0 aliphatic carbocycles. The van der Waals surface area contributed by atoms with Gasteiger partial charge in [-0.2, -0.15) is 14.6 Å². The molecule has 0 spiro atoms. The summed E-state index contributed by atoms with van der Waals surface area (Å²) in [4.78, 5) is 28.3. The van der Waals surface area contributed by atoms with Crippen molar-refractivity contribution < 1.29 is 13.9 Å². The molecule has 2 aromatic carbocycles. The summed E-state index contributed by atoms with van der Waals surface area (Å²) >= 11 is 0. The average molecular weight is 512 g/mol. The first-order valence-corrected chi connectivity index (χ1v) is 12.6. The van der Waals surface area contributed by atoms with Gasteiger partial charge in [0.1, 0.15) is 36.0 Å². The van der Waals surface area contributed by atoms with Gasteiger partial charge in [-0.05, 0) is 55.2 Å². The third kappa shape index (κ3) is 4.84. The number of nitrogens with zero attached hydrogens (tertiary/aromatic N) is 6. The van der Waals surface area contributed by atoms with Gasteiger partial charge in [0, 0.05) is 30.7 Å². The van der Waals surface area contributed by atoms with Crippen LogP contribution in [0.15, 0.2) is 73.2 Å². The minimum Gasteiger partial charge on any atom is -0.491 e. The maximum Gasteiger partial charge on any atom is 0.270 e. The van der Waals surface area contributed by atoms with Crippen molar-refractivity contribution in [2.45, 2.75) is 25.3 Å². The van der Waals surface area contributed by atoms with Gasteiger partial charge in [0.05, 0.1) is 11.6 Å². The lowest BCUT2D eigenvalue weighted by Crippen LogP contribution is -2.35. The molecule has 10 heteroatoms. The summed E-state index contributed by atoms with van der Waals surface area (Å²) in [6.07, 6.45) is 5.84. The number of ether oxygens (including phenoxy) is 1. The molecular weight excluding hydrogens is 485 g/mol. The summed E-state index contributed by atoms with van der Waals surface area (Å²) in [7, 11) is 0. The zero-order valence-corrected chi connectivity index (χ0v) is 20.6. The van der Waals surface area contributed by atoms with Crippen molar-refractivity contribution in [2.24, 2.45) is 0 Å². The number of nitrogens with one attached hydrogen (secondary N) is 1. The van der Waals surface area contributed by atoms with Crippen molar-refractivity contribution >= 4 is 28.4 Å². The second-order valence-electron chi connectivity index (χ2n) is 9.23. The summed E-state index contributed by atoms with van der Waals surface area (Å²) in [5.41, 5.74) is 1.93. The molecule has 192 valence electrons. The molecule has 1 aliphatic heterocycles. The van der Waals surface area contributed by atoms with Gasteiger partial charge in [-0.25, -0.2) is 14.4 Å². The van der Waals surface area contributed by atoms with Crippen molar-refractivity contribution in [3.63, 3.8) is 0 Å². The van der Waals surface area contributed by atoms with Gasteiger partial charge in [-0.15, -0.1) is 0 Å². The number of carbonyl (C=O) groups excluding carboxylic acids is 1. The van der Waals surface area contributed by atoms with E-state index in [2.05, 4.69) is 30.3 Å². The van der Waals surface area contributed by atoms with Gasteiger partial charge >= 0.3 is 0 Å². The Labute approximate surface area is 218 Å². The standard InChI is InChI=1S/C28H26FN7O2/c29-20-9-7-19(8-10-20)11-13-30-27(37)24-16-25(22-5-1-2-6-23(22)34-24)38-17-21-4-3-15-35(21)26-12-14-31-28-32-18-33-36(26)28/h1-2,5-10,12,14,16,18,21H,3-4,11,13,15,17H2,(H,30,37)/t21-/m1/s1. The van der Waals surface area contributed by atoms with E-state index >= 15 is 0 Å². The average Bonchev–Trinajstić information content (AvgIpc) is 3.62. The maximum atomic E-state index is 13.1. The lowest BCUT2D eigenvalue weighted by atomic mass is 10.1. The predicted molar refractivity (Wildman–Crippen MR) is 141 cm³/mol. The van der Waals surface area contributed by atoms with E-state index < -0.39 is 0 Å². The van der Waals surface area contributed by atoms with Gasteiger partial charge in [0.15, 0.2) is 0 Å². The monoisotopic (exact) mass is 511 g/mol. The minimum atomic E-state index is -0.282. The number of rotatable bonds is 8. The molecule has 1 atom stereocenters. The van der Waals surface area contributed by atoms with E-state index in [0.29, 0.717) is 42.3 Å². The number of pyridine rings is 1. The molecule has 1 N–H and O–H groups in total. The van der Waals surface area contributed by atoms with E-state index in [1.807, 2.05) is 30.3 Å². The summed E-state index contributed by atoms with van der Waals surface area (Å²) in [6, 6.07) is 17.7. The van der Waals surface area contributed by atoms with Gasteiger partial charge in [0.25, 0.3) is 11.7 Å². The van der Waals surface area contributed by atoms with E-state index in [-0.39, 0.29) is 17.8 Å². The molecule has 9 nitrogen and oxygen atoms in total. The third-order valence-corrected chi connectivity index (χ3v) is 6.79. The van der Waals surface area contributed by atoms with Crippen molar-refractivity contribution in [3.05, 3.63) is 90.3 Å². The lowest BCUT2D eigenvalue weighted by Gasteiger charge is -2.26. The molecule has 0 saturated carbocycles. The number of para-hydroxylation sites is 1. The second kappa shape index (κ2) is 10.4. The van der Waals surface area contributed by atoms with Crippen LogP contribution in [0, 0.1) is 5.82 Å². The smallest absolute Gasteiger partial charge is 0.270 e. The summed E-state index contributed by atoms with van der Waals surface area (Å²) < 4.78 is 21.3. The fraction of sp³-hybridized carbons (Fsp3) is 0.250. The molecule has 1 amide bonds. The van der Waals surface area contributed by atoms with Crippen molar-refractivity contribution in [2.75, 3.05) is 24.6 Å². The molecule has 1 aliphatic rings. The fourth-order valence-electron chi connectivity index (χ4n) is 4.88. The van der Waals surface area contributed by atoms with Crippen LogP contribution in [0.25, 0.3) is 16.7 Å². The van der Waals surface area contributed by atoms with E-state index in [1.54, 1.807) is 28.9 Å². The van der Waals surface area contributed by atoms with Gasteiger partial charge < -0.3 is 15.0 Å². The number of hydrogen-bond acceptors (Lipinski definition) is 7. The Bertz CT molecular complexity index is 1590. The Balaban J connectivity index is 1.18. The largest absolute Gasteiger partial charge is 0.491 e. The van der Waals surface area contributed by atoms with Crippen LogP contribution in [-0.4, -0.2) is 56.2 Å². The van der Waals surface area contributed by atoms with Crippen LogP contribution in [0.2, 0.25) is 0 Å². The Morgan fingerprint density at radius 1 is 1.11 bits per heavy atom. The van der Waals surface area contributed by atoms with Gasteiger partial charge in [0.2, 0.25) is 0 Å².